The van der Waals surface area contributed by atoms with Crippen molar-refractivity contribution in [3.63, 3.8) is 0 Å². The van der Waals surface area contributed by atoms with Crippen LogP contribution < -0.4 is 9.47 Å². The van der Waals surface area contributed by atoms with Crippen LogP contribution in [0, 0.1) is 13.8 Å². The van der Waals surface area contributed by atoms with Crippen LogP contribution in [0.5, 0.6) is 11.5 Å². The summed E-state index contributed by atoms with van der Waals surface area (Å²) in [5.41, 5.74) is 2.30. The summed E-state index contributed by atoms with van der Waals surface area (Å²) in [7, 11) is 0. The number of hydrogen-bond acceptors (Lipinski definition) is 6. The van der Waals surface area contributed by atoms with Gasteiger partial charge < -0.3 is 19.0 Å². The molecule has 0 saturated carbocycles. The van der Waals surface area contributed by atoms with Crippen molar-refractivity contribution in [2.75, 3.05) is 0 Å². The van der Waals surface area contributed by atoms with Gasteiger partial charge in [-0.1, -0.05) is 24.3 Å². The SMILES string of the molecule is Cc1ccc(-c2nc(COc3cccc(OCc4cccc(C)c4C(=O)O)c3)co2)s1. The lowest BCUT2D eigenvalue weighted by molar-refractivity contribution is 0.0693. The first-order valence-electron chi connectivity index (χ1n) is 9.68. The predicted octanol–water partition coefficient (Wildman–Crippen LogP) is 5.88. The molecule has 0 unspecified atom stereocenters. The molecule has 0 spiro atoms. The van der Waals surface area contributed by atoms with Gasteiger partial charge >= 0.3 is 5.97 Å². The molecule has 4 aromatic rings. The van der Waals surface area contributed by atoms with E-state index in [9.17, 15) is 9.90 Å². The molecule has 0 aliphatic heterocycles. The lowest BCUT2D eigenvalue weighted by atomic mass is 10.0. The highest BCUT2D eigenvalue weighted by atomic mass is 32.1. The zero-order valence-electron chi connectivity index (χ0n) is 17.1. The van der Waals surface area contributed by atoms with Gasteiger partial charge in [-0.05, 0) is 43.7 Å². The summed E-state index contributed by atoms with van der Waals surface area (Å²) < 4.78 is 17.2. The number of hydrogen-bond donors (Lipinski definition) is 1. The molecule has 2 heterocycles. The standard InChI is InChI=1S/C24H21NO5S/c1-15-5-3-6-17(22(15)24(26)27)12-28-19-7-4-8-20(11-19)29-13-18-14-30-23(25-18)21-10-9-16(2)31-21/h3-11,14H,12-13H2,1-2H3,(H,26,27). The Kier molecular flexibility index (Phi) is 6.04. The van der Waals surface area contributed by atoms with Crippen molar-refractivity contribution in [2.24, 2.45) is 0 Å². The highest BCUT2D eigenvalue weighted by molar-refractivity contribution is 7.15. The van der Waals surface area contributed by atoms with Crippen molar-refractivity contribution < 1.29 is 23.8 Å². The Hall–Kier alpha value is -3.58. The van der Waals surface area contributed by atoms with Gasteiger partial charge in [0.25, 0.3) is 0 Å². The van der Waals surface area contributed by atoms with Gasteiger partial charge in [0.15, 0.2) is 0 Å². The Morgan fingerprint density at radius 3 is 2.48 bits per heavy atom. The van der Waals surface area contributed by atoms with Gasteiger partial charge in [0.1, 0.15) is 36.7 Å². The summed E-state index contributed by atoms with van der Waals surface area (Å²) in [4.78, 5) is 18.2. The second kappa shape index (κ2) is 9.06. The number of carboxylic acid groups (broad SMARTS) is 1. The lowest BCUT2D eigenvalue weighted by Crippen LogP contribution is -2.07. The highest BCUT2D eigenvalue weighted by Crippen LogP contribution is 2.27. The number of aromatic nitrogens is 1. The molecule has 158 valence electrons. The van der Waals surface area contributed by atoms with Crippen molar-refractivity contribution >= 4 is 17.3 Å². The van der Waals surface area contributed by atoms with Crippen LogP contribution in [-0.2, 0) is 13.2 Å². The molecule has 1 N–H and O–H groups in total. The predicted molar refractivity (Wildman–Crippen MR) is 118 cm³/mol. The van der Waals surface area contributed by atoms with E-state index in [4.69, 9.17) is 13.9 Å². The molecule has 0 aliphatic rings. The minimum atomic E-state index is -0.960. The molecule has 31 heavy (non-hydrogen) atoms. The Labute approximate surface area is 183 Å². The van der Waals surface area contributed by atoms with Crippen LogP contribution in [0.1, 0.15) is 32.1 Å². The summed E-state index contributed by atoms with van der Waals surface area (Å²) in [5.74, 6) is 0.835. The van der Waals surface area contributed by atoms with E-state index in [-0.39, 0.29) is 18.8 Å². The minimum Gasteiger partial charge on any atom is -0.489 e. The molecule has 2 aromatic heterocycles. The monoisotopic (exact) mass is 435 g/mol. The van der Waals surface area contributed by atoms with E-state index < -0.39 is 5.97 Å². The molecule has 6 nitrogen and oxygen atoms in total. The van der Waals surface area contributed by atoms with Crippen LogP contribution >= 0.6 is 11.3 Å². The molecular weight excluding hydrogens is 414 g/mol. The van der Waals surface area contributed by atoms with Gasteiger partial charge in [0.2, 0.25) is 5.89 Å². The number of aryl methyl sites for hydroxylation is 2. The first-order chi connectivity index (χ1) is 15.0. The zero-order chi connectivity index (χ0) is 21.8. The molecule has 0 radical (unpaired) electrons. The largest absolute Gasteiger partial charge is 0.489 e. The van der Waals surface area contributed by atoms with E-state index in [1.54, 1.807) is 48.8 Å². The van der Waals surface area contributed by atoms with Gasteiger partial charge in [-0.2, -0.15) is 0 Å². The maximum atomic E-state index is 11.5. The van der Waals surface area contributed by atoms with Gasteiger partial charge in [-0.3, -0.25) is 0 Å². The Balaban J connectivity index is 1.39. The summed E-state index contributed by atoms with van der Waals surface area (Å²) in [6.45, 7) is 4.23. The maximum Gasteiger partial charge on any atom is 0.336 e. The van der Waals surface area contributed by atoms with Crippen LogP contribution in [-0.4, -0.2) is 16.1 Å². The van der Waals surface area contributed by atoms with E-state index in [2.05, 4.69) is 4.98 Å². The topological polar surface area (TPSA) is 81.8 Å². The molecule has 7 heteroatoms. The van der Waals surface area contributed by atoms with E-state index in [0.717, 1.165) is 4.88 Å². The van der Waals surface area contributed by atoms with Crippen molar-refractivity contribution in [1.82, 2.24) is 4.98 Å². The van der Waals surface area contributed by atoms with Gasteiger partial charge in [0, 0.05) is 16.5 Å². The molecule has 0 amide bonds. The van der Waals surface area contributed by atoms with Crippen LogP contribution in [0.3, 0.4) is 0 Å². The number of carbonyl (C=O) groups is 1. The summed E-state index contributed by atoms with van der Waals surface area (Å²) >= 11 is 1.63. The van der Waals surface area contributed by atoms with E-state index in [1.165, 1.54) is 4.88 Å². The van der Waals surface area contributed by atoms with Gasteiger partial charge in [-0.15, -0.1) is 11.3 Å². The number of benzene rings is 2. The molecular formula is C24H21NO5S. The average molecular weight is 436 g/mol. The van der Waals surface area contributed by atoms with E-state index in [0.29, 0.717) is 34.2 Å². The van der Waals surface area contributed by atoms with Crippen LogP contribution in [0.4, 0.5) is 0 Å². The average Bonchev–Trinajstić information content (AvgIpc) is 3.39. The second-order valence-electron chi connectivity index (χ2n) is 7.02. The third-order valence-electron chi connectivity index (χ3n) is 4.66. The third-order valence-corrected chi connectivity index (χ3v) is 5.65. The second-order valence-corrected chi connectivity index (χ2v) is 8.31. The number of aromatic carboxylic acids is 1. The molecule has 4 rings (SSSR count). The summed E-state index contributed by atoms with van der Waals surface area (Å²) in [6, 6.07) is 16.6. The third kappa shape index (κ3) is 4.95. The Bertz CT molecular complexity index is 1210. The molecule has 0 fully saturated rings. The lowest BCUT2D eigenvalue weighted by Gasteiger charge is -2.12. The van der Waals surface area contributed by atoms with Gasteiger partial charge in [0.05, 0.1) is 10.4 Å². The Morgan fingerprint density at radius 1 is 1.03 bits per heavy atom. The first kappa shape index (κ1) is 20.7. The number of ether oxygens (including phenoxy) is 2. The quantitative estimate of drug-likeness (QED) is 0.372. The number of nitrogens with zero attached hydrogens (tertiary/aromatic N) is 1. The number of oxazole rings is 1. The number of rotatable bonds is 8. The van der Waals surface area contributed by atoms with Crippen molar-refractivity contribution in [1.29, 1.82) is 0 Å². The molecule has 0 atom stereocenters. The fraction of sp³-hybridized carbons (Fsp3) is 0.167. The minimum absolute atomic E-state index is 0.152. The Morgan fingerprint density at radius 2 is 1.77 bits per heavy atom. The van der Waals surface area contributed by atoms with Crippen LogP contribution in [0.15, 0.2) is 65.3 Å². The highest BCUT2D eigenvalue weighted by Gasteiger charge is 2.13. The zero-order valence-corrected chi connectivity index (χ0v) is 17.9. The van der Waals surface area contributed by atoms with Crippen LogP contribution in [0.2, 0.25) is 0 Å². The fourth-order valence-electron chi connectivity index (χ4n) is 3.16. The van der Waals surface area contributed by atoms with E-state index >= 15 is 0 Å². The molecule has 0 aliphatic carbocycles. The molecule has 0 bridgehead atoms. The van der Waals surface area contributed by atoms with E-state index in [1.807, 2.05) is 37.3 Å². The van der Waals surface area contributed by atoms with Crippen molar-refractivity contribution in [3.8, 4) is 22.3 Å². The number of carboxylic acids is 1. The van der Waals surface area contributed by atoms with Crippen LogP contribution in [0.25, 0.3) is 10.8 Å². The summed E-state index contributed by atoms with van der Waals surface area (Å²) in [6.07, 6.45) is 1.59. The maximum absolute atomic E-state index is 11.5. The smallest absolute Gasteiger partial charge is 0.336 e. The summed E-state index contributed by atoms with van der Waals surface area (Å²) in [5, 5.41) is 9.45. The van der Waals surface area contributed by atoms with Gasteiger partial charge in [-0.25, -0.2) is 9.78 Å². The number of thiophene rings is 1. The van der Waals surface area contributed by atoms with Crippen molar-refractivity contribution in [3.05, 3.63) is 88.1 Å². The molecule has 2 aromatic carbocycles. The normalized spacial score (nSPS) is 10.8. The first-order valence-corrected chi connectivity index (χ1v) is 10.5. The fourth-order valence-corrected chi connectivity index (χ4v) is 3.96. The van der Waals surface area contributed by atoms with Crippen molar-refractivity contribution in [2.45, 2.75) is 27.1 Å². The molecule has 0 saturated heterocycles.